The van der Waals surface area contributed by atoms with E-state index < -0.39 is 12.1 Å². The number of carbonyl (C=O) groups excluding carboxylic acids is 1. The van der Waals surface area contributed by atoms with Crippen molar-refractivity contribution in [1.82, 2.24) is 9.80 Å². The van der Waals surface area contributed by atoms with Crippen LogP contribution in [0.4, 0.5) is 17.6 Å². The Morgan fingerprint density at radius 2 is 1.59 bits per heavy atom. The Morgan fingerprint density at radius 3 is 2.09 bits per heavy atom. The number of piperidine rings is 1. The third-order valence-corrected chi connectivity index (χ3v) is 6.08. The smallest absolute Gasteiger partial charge is 0.475 e. The highest BCUT2D eigenvalue weighted by Gasteiger charge is 2.59. The molecule has 0 aliphatic carbocycles. The van der Waals surface area contributed by atoms with Gasteiger partial charge >= 0.3 is 12.1 Å². The van der Waals surface area contributed by atoms with E-state index in [2.05, 4.69) is 17.0 Å². The van der Waals surface area contributed by atoms with Crippen LogP contribution in [0, 0.1) is 11.2 Å². The van der Waals surface area contributed by atoms with Gasteiger partial charge in [-0.1, -0.05) is 42.5 Å². The molecule has 5 nitrogen and oxygen atoms in total. The van der Waals surface area contributed by atoms with E-state index in [1.165, 1.54) is 17.7 Å². The van der Waals surface area contributed by atoms with Crippen LogP contribution < -0.4 is 0 Å². The number of amides is 1. The van der Waals surface area contributed by atoms with Gasteiger partial charge < -0.3 is 10.0 Å². The second-order valence-corrected chi connectivity index (χ2v) is 8.09. The number of halogens is 4. The summed E-state index contributed by atoms with van der Waals surface area (Å²) in [6.45, 7) is 2.62. The maximum atomic E-state index is 13.0. The first-order valence-corrected chi connectivity index (χ1v) is 10.1. The maximum absolute atomic E-state index is 13.0. The molecule has 172 valence electrons. The van der Waals surface area contributed by atoms with Crippen LogP contribution >= 0.6 is 0 Å². The number of benzene rings is 2. The SMILES string of the molecule is CN1C(=O)C2(CCN(Cc3ccc(F)cc3)CC2)C1c1ccccc1.O=C(O)C(F)(F)F. The number of β-lactam (4-membered cyclic amide) rings is 1. The quantitative estimate of drug-likeness (QED) is 0.559. The Labute approximate surface area is 183 Å². The molecule has 2 saturated heterocycles. The Hall–Kier alpha value is -2.94. The van der Waals surface area contributed by atoms with Gasteiger partial charge in [-0.15, -0.1) is 0 Å². The highest BCUT2D eigenvalue weighted by molar-refractivity contribution is 5.90. The molecule has 2 aromatic carbocycles. The van der Waals surface area contributed by atoms with Crippen molar-refractivity contribution in [1.29, 1.82) is 0 Å². The van der Waals surface area contributed by atoms with Gasteiger partial charge in [0.1, 0.15) is 5.82 Å². The molecule has 1 amide bonds. The molecule has 0 bridgehead atoms. The highest BCUT2D eigenvalue weighted by Crippen LogP contribution is 2.55. The standard InChI is InChI=1S/C21H23FN2O.C2HF3O2/c1-23-19(17-5-3-2-4-6-17)21(20(23)25)11-13-24(14-12-21)15-16-7-9-18(22)10-8-16;3-2(4,5)1(6)7/h2-10,19H,11-15H2,1H3;(H,6,7). The van der Waals surface area contributed by atoms with E-state index in [0.29, 0.717) is 0 Å². The Balaban J connectivity index is 0.000000360. The summed E-state index contributed by atoms with van der Waals surface area (Å²) in [5.74, 6) is -2.68. The summed E-state index contributed by atoms with van der Waals surface area (Å²) in [6, 6.07) is 17.3. The minimum absolute atomic E-state index is 0.189. The van der Waals surface area contributed by atoms with Crippen molar-refractivity contribution in [3.8, 4) is 0 Å². The van der Waals surface area contributed by atoms with Crippen molar-refractivity contribution in [3.63, 3.8) is 0 Å². The van der Waals surface area contributed by atoms with Gasteiger partial charge in [0.15, 0.2) is 0 Å². The van der Waals surface area contributed by atoms with Gasteiger partial charge in [0.2, 0.25) is 5.91 Å². The molecule has 1 N–H and O–H groups in total. The third-order valence-electron chi connectivity index (χ3n) is 6.08. The zero-order valence-corrected chi connectivity index (χ0v) is 17.5. The zero-order valence-electron chi connectivity index (χ0n) is 17.5. The second kappa shape index (κ2) is 9.28. The van der Waals surface area contributed by atoms with E-state index in [1.54, 1.807) is 0 Å². The van der Waals surface area contributed by atoms with Gasteiger partial charge in [0.05, 0.1) is 11.5 Å². The van der Waals surface area contributed by atoms with Gasteiger partial charge in [-0.25, -0.2) is 9.18 Å². The predicted molar refractivity (Wildman–Crippen MR) is 109 cm³/mol. The number of carbonyl (C=O) groups is 2. The lowest BCUT2D eigenvalue weighted by atomic mass is 9.62. The number of aliphatic carboxylic acids is 1. The van der Waals surface area contributed by atoms with Crippen LogP contribution in [0.3, 0.4) is 0 Å². The van der Waals surface area contributed by atoms with Crippen LogP contribution in [-0.4, -0.2) is 53.1 Å². The molecule has 4 rings (SSSR count). The van der Waals surface area contributed by atoms with Crippen LogP contribution in [0.1, 0.15) is 30.0 Å². The van der Waals surface area contributed by atoms with E-state index in [4.69, 9.17) is 9.90 Å². The molecule has 0 aromatic heterocycles. The average Bonchev–Trinajstić information content (AvgIpc) is 2.77. The molecule has 9 heteroatoms. The van der Waals surface area contributed by atoms with Gasteiger partial charge in [0, 0.05) is 13.6 Å². The van der Waals surface area contributed by atoms with E-state index in [-0.39, 0.29) is 23.2 Å². The summed E-state index contributed by atoms with van der Waals surface area (Å²) in [5, 5.41) is 7.12. The molecular formula is C23H24F4N2O3. The number of carboxylic acids is 1. The summed E-state index contributed by atoms with van der Waals surface area (Å²) in [6.07, 6.45) is -3.31. The first kappa shape index (κ1) is 23.7. The summed E-state index contributed by atoms with van der Waals surface area (Å²) in [4.78, 5) is 25.8. The Morgan fingerprint density at radius 1 is 1.06 bits per heavy atom. The van der Waals surface area contributed by atoms with Crippen LogP contribution in [0.5, 0.6) is 0 Å². The van der Waals surface area contributed by atoms with Gasteiger partial charge in [-0.05, 0) is 49.2 Å². The van der Waals surface area contributed by atoms with Crippen molar-refractivity contribution in [2.24, 2.45) is 5.41 Å². The fourth-order valence-electron chi connectivity index (χ4n) is 4.51. The minimum Gasteiger partial charge on any atom is -0.475 e. The Bertz CT molecular complexity index is 940. The molecule has 2 heterocycles. The summed E-state index contributed by atoms with van der Waals surface area (Å²) >= 11 is 0. The van der Waals surface area contributed by atoms with Gasteiger partial charge in [-0.2, -0.15) is 13.2 Å². The van der Waals surface area contributed by atoms with Crippen molar-refractivity contribution < 1.29 is 32.3 Å². The van der Waals surface area contributed by atoms with Gasteiger partial charge in [-0.3, -0.25) is 9.69 Å². The monoisotopic (exact) mass is 452 g/mol. The number of alkyl halides is 3. The molecule has 0 radical (unpaired) electrons. The Kier molecular flexibility index (Phi) is 6.88. The van der Waals surface area contributed by atoms with Crippen molar-refractivity contribution in [3.05, 3.63) is 71.5 Å². The number of nitrogens with zero attached hydrogens (tertiary/aromatic N) is 2. The molecule has 0 saturated carbocycles. The molecule has 1 spiro atoms. The fourth-order valence-corrected chi connectivity index (χ4v) is 4.51. The largest absolute Gasteiger partial charge is 0.490 e. The molecule has 2 fully saturated rings. The maximum Gasteiger partial charge on any atom is 0.490 e. The molecule has 2 aliphatic heterocycles. The summed E-state index contributed by atoms with van der Waals surface area (Å²) in [5.41, 5.74) is 2.11. The van der Waals surface area contributed by atoms with Gasteiger partial charge in [0.25, 0.3) is 0 Å². The van der Waals surface area contributed by atoms with Crippen LogP contribution in [0.15, 0.2) is 54.6 Å². The second-order valence-electron chi connectivity index (χ2n) is 8.09. The van der Waals surface area contributed by atoms with Crippen LogP contribution in [0.2, 0.25) is 0 Å². The molecule has 2 aliphatic rings. The summed E-state index contributed by atoms with van der Waals surface area (Å²) < 4.78 is 44.8. The van der Waals surface area contributed by atoms with E-state index in [9.17, 15) is 22.4 Å². The number of carboxylic acid groups (broad SMARTS) is 1. The van der Waals surface area contributed by atoms with Crippen LogP contribution in [-0.2, 0) is 16.1 Å². The number of rotatable bonds is 3. The third kappa shape index (κ3) is 4.93. The molecular weight excluding hydrogens is 428 g/mol. The molecule has 32 heavy (non-hydrogen) atoms. The zero-order chi connectivity index (χ0) is 23.5. The first-order chi connectivity index (χ1) is 15.0. The molecule has 1 unspecified atom stereocenters. The van der Waals surface area contributed by atoms with Crippen molar-refractivity contribution in [2.45, 2.75) is 31.6 Å². The number of hydrogen-bond donors (Lipinski definition) is 1. The van der Waals surface area contributed by atoms with E-state index in [1.807, 2.05) is 42.3 Å². The summed E-state index contributed by atoms with van der Waals surface area (Å²) in [7, 11) is 1.91. The molecule has 2 aromatic rings. The van der Waals surface area contributed by atoms with E-state index in [0.717, 1.165) is 38.0 Å². The van der Waals surface area contributed by atoms with E-state index >= 15 is 0 Å². The number of hydrogen-bond acceptors (Lipinski definition) is 3. The first-order valence-electron chi connectivity index (χ1n) is 10.1. The van der Waals surface area contributed by atoms with Crippen molar-refractivity contribution >= 4 is 11.9 Å². The average molecular weight is 452 g/mol. The topological polar surface area (TPSA) is 60.9 Å². The fraction of sp³-hybridized carbons (Fsp3) is 0.391. The lowest BCUT2D eigenvalue weighted by Crippen LogP contribution is -2.64. The minimum atomic E-state index is -5.08. The lowest BCUT2D eigenvalue weighted by Gasteiger charge is -2.58. The lowest BCUT2D eigenvalue weighted by molar-refractivity contribution is -0.192. The highest BCUT2D eigenvalue weighted by atomic mass is 19.4. The van der Waals surface area contributed by atoms with Crippen LogP contribution in [0.25, 0.3) is 0 Å². The van der Waals surface area contributed by atoms with Crippen molar-refractivity contribution in [2.75, 3.05) is 20.1 Å². The predicted octanol–water partition coefficient (Wildman–Crippen LogP) is 4.25. The normalized spacial score (nSPS) is 20.3. The molecule has 1 atom stereocenters. The number of likely N-dealkylation sites (tertiary alicyclic amines) is 2.